The lowest BCUT2D eigenvalue weighted by Gasteiger charge is -2.20. The van der Waals surface area contributed by atoms with Gasteiger partial charge >= 0.3 is 4.87 Å². The van der Waals surface area contributed by atoms with Crippen LogP contribution < -0.4 is 9.60 Å². The van der Waals surface area contributed by atoms with Crippen molar-refractivity contribution in [2.75, 3.05) is 13.1 Å². The van der Waals surface area contributed by atoms with E-state index >= 15 is 0 Å². The molecule has 2 fully saturated rings. The van der Waals surface area contributed by atoms with Crippen molar-refractivity contribution in [3.05, 3.63) is 15.4 Å². The van der Waals surface area contributed by atoms with Gasteiger partial charge in [0.15, 0.2) is 4.21 Å². The highest BCUT2D eigenvalue weighted by atomic mass is 32.2. The van der Waals surface area contributed by atoms with E-state index < -0.39 is 10.0 Å². The van der Waals surface area contributed by atoms with Crippen LogP contribution in [-0.2, 0) is 10.0 Å². The first-order valence-electron chi connectivity index (χ1n) is 6.43. The summed E-state index contributed by atoms with van der Waals surface area (Å²) in [6, 6.07) is 0.301. The highest BCUT2D eigenvalue weighted by Gasteiger charge is 2.39. The molecular weight excluding hydrogens is 286 g/mol. The van der Waals surface area contributed by atoms with Crippen LogP contribution in [0.3, 0.4) is 0 Å². The van der Waals surface area contributed by atoms with Crippen LogP contribution in [0.25, 0.3) is 0 Å². The number of aromatic nitrogens is 1. The minimum absolute atomic E-state index is 0.0240. The van der Waals surface area contributed by atoms with E-state index in [1.54, 1.807) is 6.92 Å². The number of aromatic amines is 1. The lowest BCUT2D eigenvalue weighted by molar-refractivity contribution is 0.309. The van der Waals surface area contributed by atoms with Gasteiger partial charge in [-0.2, -0.15) is 0 Å². The van der Waals surface area contributed by atoms with Gasteiger partial charge in [-0.25, -0.2) is 13.1 Å². The number of rotatable bonds is 3. The van der Waals surface area contributed by atoms with Gasteiger partial charge in [0.25, 0.3) is 10.0 Å². The fourth-order valence-electron chi connectivity index (χ4n) is 3.12. The Balaban J connectivity index is 1.82. The topological polar surface area (TPSA) is 82.3 Å². The Morgan fingerprint density at radius 1 is 1.37 bits per heavy atom. The number of fused-ring (bicyclic) bond motifs is 1. The van der Waals surface area contributed by atoms with Crippen LogP contribution in [0.15, 0.2) is 9.00 Å². The van der Waals surface area contributed by atoms with E-state index in [1.165, 1.54) is 0 Å². The molecule has 0 bridgehead atoms. The fraction of sp³-hybridized carbons (Fsp3) is 0.727. The first-order valence-corrected chi connectivity index (χ1v) is 8.73. The van der Waals surface area contributed by atoms with E-state index in [-0.39, 0.29) is 15.1 Å². The molecule has 3 heterocycles. The fourth-order valence-corrected chi connectivity index (χ4v) is 5.74. The minimum Gasteiger partial charge on any atom is -0.315 e. The van der Waals surface area contributed by atoms with Crippen LogP contribution in [-0.4, -0.2) is 43.5 Å². The predicted molar refractivity (Wildman–Crippen MR) is 73.0 cm³/mol. The monoisotopic (exact) mass is 303 g/mol. The van der Waals surface area contributed by atoms with E-state index in [2.05, 4.69) is 14.6 Å². The van der Waals surface area contributed by atoms with Gasteiger partial charge in [0.05, 0.1) is 0 Å². The van der Waals surface area contributed by atoms with Crippen molar-refractivity contribution >= 4 is 21.4 Å². The summed E-state index contributed by atoms with van der Waals surface area (Å²) in [6.07, 6.45) is 3.04. The Bertz CT molecular complexity index is 634. The molecule has 2 aliphatic heterocycles. The first kappa shape index (κ1) is 13.3. The number of hydrogen-bond donors (Lipinski definition) is 2. The Morgan fingerprint density at radius 2 is 2.16 bits per heavy atom. The number of nitrogens with one attached hydrogen (secondary N) is 2. The average Bonchev–Trinajstić information content (AvgIpc) is 2.97. The summed E-state index contributed by atoms with van der Waals surface area (Å²) < 4.78 is 27.6. The molecule has 2 N–H and O–H groups in total. The summed E-state index contributed by atoms with van der Waals surface area (Å²) in [6.45, 7) is 3.64. The van der Waals surface area contributed by atoms with Crippen LogP contribution in [0.5, 0.6) is 0 Å². The summed E-state index contributed by atoms with van der Waals surface area (Å²) in [7, 11) is -3.58. The number of nitrogens with zero attached hydrogens (tertiary/aromatic N) is 1. The second-order valence-electron chi connectivity index (χ2n) is 5.19. The molecule has 3 rings (SSSR count). The molecule has 106 valence electrons. The van der Waals surface area contributed by atoms with Crippen molar-refractivity contribution in [1.29, 1.82) is 0 Å². The third kappa shape index (κ3) is 2.37. The maximum atomic E-state index is 12.3. The summed E-state index contributed by atoms with van der Waals surface area (Å²) in [5, 5.41) is 0. The molecule has 0 aliphatic carbocycles. The Hall–Kier alpha value is -0.700. The largest absolute Gasteiger partial charge is 0.315 e. The molecule has 0 amide bonds. The quantitative estimate of drug-likeness (QED) is 0.839. The van der Waals surface area contributed by atoms with Crippen LogP contribution in [0.1, 0.15) is 25.0 Å². The zero-order chi connectivity index (χ0) is 13.6. The molecule has 1 aromatic heterocycles. The maximum absolute atomic E-state index is 12.3. The van der Waals surface area contributed by atoms with Crippen molar-refractivity contribution in [1.82, 2.24) is 14.6 Å². The van der Waals surface area contributed by atoms with Crippen LogP contribution in [0.4, 0.5) is 0 Å². The molecule has 1 aromatic rings. The Labute approximate surface area is 115 Å². The van der Waals surface area contributed by atoms with E-state index in [0.717, 1.165) is 43.7 Å². The molecular formula is C11H17N3O3S2. The minimum atomic E-state index is -3.58. The summed E-state index contributed by atoms with van der Waals surface area (Å²) in [5.41, 5.74) is 0.420. The van der Waals surface area contributed by atoms with E-state index in [9.17, 15) is 13.2 Å². The number of sulfonamides is 1. The number of hydrogen-bond acceptors (Lipinski definition) is 5. The third-order valence-corrected chi connectivity index (χ3v) is 7.03. The number of H-pyrrole nitrogens is 1. The van der Waals surface area contributed by atoms with Crippen LogP contribution >= 0.6 is 11.3 Å². The molecule has 0 radical (unpaired) electrons. The van der Waals surface area contributed by atoms with E-state index in [0.29, 0.717) is 11.7 Å². The maximum Gasteiger partial charge on any atom is 0.305 e. The predicted octanol–water partition coefficient (Wildman–Crippen LogP) is 0.260. The smallest absolute Gasteiger partial charge is 0.305 e. The molecule has 0 saturated carbocycles. The van der Waals surface area contributed by atoms with Gasteiger partial charge in [0.1, 0.15) is 0 Å². The number of thiazole rings is 1. The molecule has 0 aromatic carbocycles. The van der Waals surface area contributed by atoms with Gasteiger partial charge in [-0.1, -0.05) is 11.3 Å². The molecule has 0 spiro atoms. The molecule has 8 heteroatoms. The summed E-state index contributed by atoms with van der Waals surface area (Å²) in [4.78, 5) is 15.8. The zero-order valence-electron chi connectivity index (χ0n) is 10.7. The Kier molecular flexibility index (Phi) is 3.28. The van der Waals surface area contributed by atoms with E-state index in [1.807, 2.05) is 0 Å². The summed E-state index contributed by atoms with van der Waals surface area (Å²) in [5.74, 6) is 0. The van der Waals surface area contributed by atoms with E-state index in [4.69, 9.17) is 0 Å². The Morgan fingerprint density at radius 3 is 2.84 bits per heavy atom. The van der Waals surface area contributed by atoms with Gasteiger partial charge in [0.2, 0.25) is 0 Å². The highest BCUT2D eigenvalue weighted by Crippen LogP contribution is 2.29. The highest BCUT2D eigenvalue weighted by molar-refractivity contribution is 7.91. The molecule has 2 unspecified atom stereocenters. The van der Waals surface area contributed by atoms with Crippen molar-refractivity contribution in [3.8, 4) is 0 Å². The lowest BCUT2D eigenvalue weighted by Crippen LogP contribution is -2.42. The zero-order valence-corrected chi connectivity index (χ0v) is 12.3. The van der Waals surface area contributed by atoms with Crippen molar-refractivity contribution < 1.29 is 8.42 Å². The molecule has 2 aliphatic rings. The lowest BCUT2D eigenvalue weighted by atomic mass is 10.1. The van der Waals surface area contributed by atoms with Crippen LogP contribution in [0, 0.1) is 6.92 Å². The van der Waals surface area contributed by atoms with Crippen molar-refractivity contribution in [3.63, 3.8) is 0 Å². The second kappa shape index (κ2) is 4.69. The molecule has 2 atom stereocenters. The molecule has 2 saturated heterocycles. The number of aryl methyl sites for hydroxylation is 1. The van der Waals surface area contributed by atoms with Gasteiger partial charge in [-0.15, -0.1) is 0 Å². The average molecular weight is 303 g/mol. The van der Waals surface area contributed by atoms with Gasteiger partial charge < -0.3 is 4.98 Å². The second-order valence-corrected chi connectivity index (χ2v) is 8.08. The normalized spacial score (nSPS) is 27.8. The van der Waals surface area contributed by atoms with Crippen molar-refractivity contribution in [2.24, 2.45) is 0 Å². The van der Waals surface area contributed by atoms with Gasteiger partial charge in [0, 0.05) is 24.3 Å². The standard InChI is InChI=1S/C11H17N3O3S2/c1-7-10(18-11(15)12-7)19(16,17)13-8-4-6-14-5-2-3-9(8)14/h8-9,13H,2-6H2,1H3,(H,12,15). The van der Waals surface area contributed by atoms with Gasteiger partial charge in [-0.3, -0.25) is 9.69 Å². The SMILES string of the molecule is Cc1[nH]c(=O)sc1S(=O)(=O)NC1CCN2CCCC12. The molecule has 19 heavy (non-hydrogen) atoms. The van der Waals surface area contributed by atoms with Crippen LogP contribution in [0.2, 0.25) is 0 Å². The summed E-state index contributed by atoms with van der Waals surface area (Å²) >= 11 is 0.755. The first-order chi connectivity index (χ1) is 8.97. The molecule has 6 nitrogen and oxygen atoms in total. The van der Waals surface area contributed by atoms with Gasteiger partial charge in [-0.05, 0) is 32.7 Å². The third-order valence-electron chi connectivity index (χ3n) is 3.94. The van der Waals surface area contributed by atoms with Crippen molar-refractivity contribution in [2.45, 2.75) is 42.5 Å².